The first-order valence-electron chi connectivity index (χ1n) is 7.19. The van der Waals surface area contributed by atoms with Crippen LogP contribution in [0.5, 0.6) is 0 Å². The summed E-state index contributed by atoms with van der Waals surface area (Å²) in [5.41, 5.74) is 2.77. The largest absolute Gasteiger partial charge is 0.317 e. The Hall–Kier alpha value is -0.570. The van der Waals surface area contributed by atoms with E-state index in [2.05, 4.69) is 48.5 Å². The van der Waals surface area contributed by atoms with Crippen molar-refractivity contribution in [3.8, 4) is 0 Å². The van der Waals surface area contributed by atoms with E-state index in [0.717, 1.165) is 12.5 Å². The highest BCUT2D eigenvalue weighted by molar-refractivity contribution is 5.85. The fraction of sp³-hybridized carbons (Fsp3) is 0.625. The number of nitrogens with one attached hydrogen (secondary N) is 1. The Kier molecular flexibility index (Phi) is 7.44. The summed E-state index contributed by atoms with van der Waals surface area (Å²) in [6.07, 6.45) is 4.07. The van der Waals surface area contributed by atoms with Gasteiger partial charge in [-0.2, -0.15) is 0 Å². The van der Waals surface area contributed by atoms with Crippen LogP contribution < -0.4 is 5.32 Å². The van der Waals surface area contributed by atoms with Gasteiger partial charge in [0, 0.05) is 6.54 Å². The third-order valence-electron chi connectivity index (χ3n) is 3.95. The monoisotopic (exact) mass is 282 g/mol. The van der Waals surface area contributed by atoms with Gasteiger partial charge < -0.3 is 10.2 Å². The molecule has 1 heterocycles. The van der Waals surface area contributed by atoms with Crippen molar-refractivity contribution in [2.75, 3.05) is 26.7 Å². The Morgan fingerprint density at radius 1 is 1.16 bits per heavy atom. The number of aryl methyl sites for hydroxylation is 1. The molecular formula is C16H27ClN2. The minimum absolute atomic E-state index is 0. The Morgan fingerprint density at radius 2 is 1.79 bits per heavy atom. The van der Waals surface area contributed by atoms with Crippen molar-refractivity contribution in [2.45, 2.75) is 32.7 Å². The molecule has 0 amide bonds. The minimum atomic E-state index is 0. The molecule has 1 fully saturated rings. The van der Waals surface area contributed by atoms with Crippen LogP contribution in [0.25, 0.3) is 0 Å². The molecule has 108 valence electrons. The third-order valence-corrected chi connectivity index (χ3v) is 3.95. The zero-order valence-electron chi connectivity index (χ0n) is 12.2. The summed E-state index contributed by atoms with van der Waals surface area (Å²) in [7, 11) is 2.24. The Labute approximate surface area is 124 Å². The molecule has 1 aliphatic heterocycles. The van der Waals surface area contributed by atoms with Crippen molar-refractivity contribution in [1.82, 2.24) is 10.2 Å². The van der Waals surface area contributed by atoms with Crippen LogP contribution in [0.1, 0.15) is 30.4 Å². The summed E-state index contributed by atoms with van der Waals surface area (Å²) in [5, 5.41) is 3.43. The van der Waals surface area contributed by atoms with Gasteiger partial charge in [-0.15, -0.1) is 12.4 Å². The van der Waals surface area contributed by atoms with Gasteiger partial charge in [-0.3, -0.25) is 0 Å². The highest BCUT2D eigenvalue weighted by Gasteiger charge is 2.13. The van der Waals surface area contributed by atoms with Crippen LogP contribution in [0.15, 0.2) is 24.3 Å². The van der Waals surface area contributed by atoms with E-state index >= 15 is 0 Å². The maximum absolute atomic E-state index is 3.43. The lowest BCUT2D eigenvalue weighted by Crippen LogP contribution is -2.30. The average molecular weight is 283 g/mol. The standard InChI is InChI=1S/C16H26N2.ClH/c1-14-3-5-16(6-4-14)13-18(2)12-9-15-7-10-17-11-8-15;/h3-6,15,17H,7-13H2,1-2H3;1H. The molecule has 1 saturated heterocycles. The van der Waals surface area contributed by atoms with Gasteiger partial charge in [-0.1, -0.05) is 29.8 Å². The van der Waals surface area contributed by atoms with Crippen LogP contribution in [-0.4, -0.2) is 31.6 Å². The lowest BCUT2D eigenvalue weighted by molar-refractivity contribution is 0.266. The number of nitrogens with zero attached hydrogens (tertiary/aromatic N) is 1. The molecular weight excluding hydrogens is 256 g/mol. The predicted molar refractivity (Wildman–Crippen MR) is 85.0 cm³/mol. The van der Waals surface area contributed by atoms with Crippen LogP contribution in [0.4, 0.5) is 0 Å². The van der Waals surface area contributed by atoms with Crippen molar-refractivity contribution in [2.24, 2.45) is 5.92 Å². The molecule has 0 radical (unpaired) electrons. The zero-order chi connectivity index (χ0) is 12.8. The van der Waals surface area contributed by atoms with E-state index in [-0.39, 0.29) is 12.4 Å². The van der Waals surface area contributed by atoms with Gasteiger partial charge in [-0.25, -0.2) is 0 Å². The highest BCUT2D eigenvalue weighted by Crippen LogP contribution is 2.16. The zero-order valence-corrected chi connectivity index (χ0v) is 13.0. The molecule has 2 nitrogen and oxygen atoms in total. The first-order valence-corrected chi connectivity index (χ1v) is 7.19. The van der Waals surface area contributed by atoms with Gasteiger partial charge >= 0.3 is 0 Å². The van der Waals surface area contributed by atoms with Crippen molar-refractivity contribution in [1.29, 1.82) is 0 Å². The van der Waals surface area contributed by atoms with Crippen molar-refractivity contribution in [3.05, 3.63) is 35.4 Å². The SMILES string of the molecule is Cc1ccc(CN(C)CCC2CCNCC2)cc1.Cl. The van der Waals surface area contributed by atoms with Crippen LogP contribution in [0.2, 0.25) is 0 Å². The van der Waals surface area contributed by atoms with Crippen molar-refractivity contribution >= 4 is 12.4 Å². The maximum Gasteiger partial charge on any atom is 0.0230 e. The van der Waals surface area contributed by atoms with E-state index in [4.69, 9.17) is 0 Å². The van der Waals surface area contributed by atoms with E-state index < -0.39 is 0 Å². The molecule has 0 saturated carbocycles. The number of halogens is 1. The molecule has 3 heteroatoms. The van der Waals surface area contributed by atoms with Crippen LogP contribution in [-0.2, 0) is 6.54 Å². The first kappa shape index (κ1) is 16.5. The van der Waals surface area contributed by atoms with E-state index in [1.807, 2.05) is 0 Å². The smallest absolute Gasteiger partial charge is 0.0230 e. The number of piperidine rings is 1. The molecule has 1 aromatic carbocycles. The van der Waals surface area contributed by atoms with Gasteiger partial charge in [0.25, 0.3) is 0 Å². The fourth-order valence-corrected chi connectivity index (χ4v) is 2.66. The van der Waals surface area contributed by atoms with Gasteiger partial charge in [0.1, 0.15) is 0 Å². The second kappa shape index (κ2) is 8.57. The summed E-state index contributed by atoms with van der Waals surface area (Å²) in [6, 6.07) is 8.90. The lowest BCUT2D eigenvalue weighted by Gasteiger charge is -2.25. The summed E-state index contributed by atoms with van der Waals surface area (Å²) in [6.45, 7) is 6.87. The second-order valence-corrected chi connectivity index (χ2v) is 5.71. The maximum atomic E-state index is 3.43. The Bertz CT molecular complexity index is 344. The van der Waals surface area contributed by atoms with Crippen molar-refractivity contribution in [3.63, 3.8) is 0 Å². The third kappa shape index (κ3) is 5.94. The summed E-state index contributed by atoms with van der Waals surface area (Å²) < 4.78 is 0. The van der Waals surface area contributed by atoms with Gasteiger partial charge in [0.15, 0.2) is 0 Å². The summed E-state index contributed by atoms with van der Waals surface area (Å²) in [4.78, 5) is 2.45. The van der Waals surface area contributed by atoms with Crippen molar-refractivity contribution < 1.29 is 0 Å². The van der Waals surface area contributed by atoms with Crippen LogP contribution in [0.3, 0.4) is 0 Å². The molecule has 0 aromatic heterocycles. The molecule has 0 unspecified atom stereocenters. The normalized spacial score (nSPS) is 16.4. The number of benzene rings is 1. The molecule has 0 atom stereocenters. The minimum Gasteiger partial charge on any atom is -0.317 e. The van der Waals surface area contributed by atoms with Gasteiger partial charge in [0.05, 0.1) is 0 Å². The molecule has 0 spiro atoms. The molecule has 1 aromatic rings. The van der Waals surface area contributed by atoms with Crippen LogP contribution in [0, 0.1) is 12.8 Å². The van der Waals surface area contributed by atoms with E-state index in [1.54, 1.807) is 0 Å². The summed E-state index contributed by atoms with van der Waals surface area (Å²) >= 11 is 0. The molecule has 0 aliphatic carbocycles. The van der Waals surface area contributed by atoms with E-state index in [0.29, 0.717) is 0 Å². The quantitative estimate of drug-likeness (QED) is 0.892. The van der Waals surface area contributed by atoms with Gasteiger partial charge in [-0.05, 0) is 64.3 Å². The Balaban J connectivity index is 0.00000180. The highest BCUT2D eigenvalue weighted by atomic mass is 35.5. The van der Waals surface area contributed by atoms with E-state index in [9.17, 15) is 0 Å². The molecule has 19 heavy (non-hydrogen) atoms. The second-order valence-electron chi connectivity index (χ2n) is 5.71. The number of rotatable bonds is 5. The Morgan fingerprint density at radius 3 is 2.42 bits per heavy atom. The van der Waals surface area contributed by atoms with Crippen LogP contribution >= 0.6 is 12.4 Å². The molecule has 0 bridgehead atoms. The number of hydrogen-bond acceptors (Lipinski definition) is 2. The predicted octanol–water partition coefficient (Wildman–Crippen LogP) is 3.24. The molecule has 1 aliphatic rings. The molecule has 1 N–H and O–H groups in total. The first-order chi connectivity index (χ1) is 8.74. The molecule has 2 rings (SSSR count). The topological polar surface area (TPSA) is 15.3 Å². The van der Waals surface area contributed by atoms with E-state index in [1.165, 1.54) is 50.0 Å². The average Bonchev–Trinajstić information content (AvgIpc) is 2.40. The summed E-state index contributed by atoms with van der Waals surface area (Å²) in [5.74, 6) is 0.937. The lowest BCUT2D eigenvalue weighted by atomic mass is 9.94. The van der Waals surface area contributed by atoms with Gasteiger partial charge in [0.2, 0.25) is 0 Å². The fourth-order valence-electron chi connectivity index (χ4n) is 2.66. The number of hydrogen-bond donors (Lipinski definition) is 1.